The SMILES string of the molecule is CC(C)OC[C@@H](O)C[NH+]1CC[NH+](Cc2ccccc2)CC1. The van der Waals surface area contributed by atoms with Crippen molar-refractivity contribution in [2.45, 2.75) is 32.6 Å². The Hall–Kier alpha value is -0.940. The molecule has 4 heteroatoms. The predicted molar refractivity (Wildman–Crippen MR) is 83.5 cm³/mol. The summed E-state index contributed by atoms with van der Waals surface area (Å²) in [5, 5.41) is 10.00. The Morgan fingerprint density at radius 2 is 1.67 bits per heavy atom. The van der Waals surface area contributed by atoms with Crippen molar-refractivity contribution in [2.24, 2.45) is 0 Å². The zero-order valence-corrected chi connectivity index (χ0v) is 13.3. The summed E-state index contributed by atoms with van der Waals surface area (Å²) in [6, 6.07) is 10.7. The maximum absolute atomic E-state index is 10.00. The Kier molecular flexibility index (Phi) is 6.64. The molecule has 2 rings (SSSR count). The molecule has 118 valence electrons. The van der Waals surface area contributed by atoms with Gasteiger partial charge < -0.3 is 19.6 Å². The largest absolute Gasteiger partial charge is 0.385 e. The Morgan fingerprint density at radius 3 is 2.29 bits per heavy atom. The van der Waals surface area contributed by atoms with Gasteiger partial charge in [0.15, 0.2) is 0 Å². The molecule has 3 N–H and O–H groups in total. The predicted octanol–water partition coefficient (Wildman–Crippen LogP) is -1.24. The highest BCUT2D eigenvalue weighted by molar-refractivity contribution is 5.13. The Balaban J connectivity index is 1.66. The molecule has 0 spiro atoms. The first kappa shape index (κ1) is 16.4. The highest BCUT2D eigenvalue weighted by Crippen LogP contribution is 1.95. The van der Waals surface area contributed by atoms with Gasteiger partial charge in [0, 0.05) is 5.56 Å². The minimum Gasteiger partial charge on any atom is -0.385 e. The van der Waals surface area contributed by atoms with Crippen LogP contribution in [0.15, 0.2) is 30.3 Å². The van der Waals surface area contributed by atoms with E-state index in [1.54, 1.807) is 4.90 Å². The number of aliphatic hydroxyl groups is 1. The molecule has 1 aromatic rings. The van der Waals surface area contributed by atoms with Crippen LogP contribution < -0.4 is 9.80 Å². The molecule has 4 nitrogen and oxygen atoms in total. The number of quaternary nitrogens is 2. The number of piperazine rings is 1. The van der Waals surface area contributed by atoms with Crippen molar-refractivity contribution in [2.75, 3.05) is 39.3 Å². The normalized spacial score (nSPS) is 24.2. The first-order chi connectivity index (χ1) is 10.1. The van der Waals surface area contributed by atoms with Gasteiger partial charge in [0.1, 0.15) is 45.4 Å². The topological polar surface area (TPSA) is 38.3 Å². The summed E-state index contributed by atoms with van der Waals surface area (Å²) >= 11 is 0. The van der Waals surface area contributed by atoms with Crippen LogP contribution in [0.25, 0.3) is 0 Å². The van der Waals surface area contributed by atoms with Crippen molar-refractivity contribution >= 4 is 0 Å². The van der Waals surface area contributed by atoms with E-state index in [4.69, 9.17) is 4.74 Å². The number of hydrogen-bond donors (Lipinski definition) is 3. The van der Waals surface area contributed by atoms with Gasteiger partial charge in [0.25, 0.3) is 0 Å². The third kappa shape index (κ3) is 6.14. The molecule has 1 atom stereocenters. The van der Waals surface area contributed by atoms with Gasteiger partial charge in [-0.25, -0.2) is 0 Å². The van der Waals surface area contributed by atoms with E-state index < -0.39 is 0 Å². The van der Waals surface area contributed by atoms with E-state index in [2.05, 4.69) is 30.3 Å². The van der Waals surface area contributed by atoms with Crippen molar-refractivity contribution in [3.63, 3.8) is 0 Å². The van der Waals surface area contributed by atoms with Crippen LogP contribution in [0, 0.1) is 0 Å². The Labute approximate surface area is 128 Å². The van der Waals surface area contributed by atoms with E-state index in [1.165, 1.54) is 23.6 Å². The van der Waals surface area contributed by atoms with Gasteiger partial charge in [-0.05, 0) is 13.8 Å². The van der Waals surface area contributed by atoms with Crippen LogP contribution in [0.4, 0.5) is 0 Å². The Morgan fingerprint density at radius 1 is 1.05 bits per heavy atom. The molecule has 0 aromatic heterocycles. The van der Waals surface area contributed by atoms with Crippen molar-refractivity contribution in [1.29, 1.82) is 0 Å². The monoisotopic (exact) mass is 294 g/mol. The van der Waals surface area contributed by atoms with Crippen LogP contribution in [0.1, 0.15) is 19.4 Å². The fourth-order valence-electron chi connectivity index (χ4n) is 2.92. The quantitative estimate of drug-likeness (QED) is 0.588. The van der Waals surface area contributed by atoms with Crippen molar-refractivity contribution in [3.05, 3.63) is 35.9 Å². The standard InChI is InChI=1S/C17H28N2O2/c1-15(2)21-14-17(20)13-19-10-8-18(9-11-19)12-16-6-4-3-5-7-16/h3-7,15,17,20H,8-14H2,1-2H3/p+2/t17-/m0/s1. The van der Waals surface area contributed by atoms with E-state index in [1.807, 2.05) is 13.8 Å². The van der Waals surface area contributed by atoms with E-state index in [9.17, 15) is 5.11 Å². The van der Waals surface area contributed by atoms with Crippen LogP contribution >= 0.6 is 0 Å². The molecule has 1 saturated heterocycles. The second-order valence-electron chi connectivity index (χ2n) is 6.40. The van der Waals surface area contributed by atoms with Gasteiger partial charge in [-0.1, -0.05) is 30.3 Å². The lowest BCUT2D eigenvalue weighted by molar-refractivity contribution is -1.02. The molecule has 1 fully saturated rings. The lowest BCUT2D eigenvalue weighted by Gasteiger charge is -2.30. The van der Waals surface area contributed by atoms with Gasteiger partial charge in [0.05, 0.1) is 12.7 Å². The molecule has 21 heavy (non-hydrogen) atoms. The maximum Gasteiger partial charge on any atom is 0.127 e. The first-order valence-electron chi connectivity index (χ1n) is 8.14. The third-order valence-electron chi connectivity index (χ3n) is 4.11. The fourth-order valence-corrected chi connectivity index (χ4v) is 2.92. The number of hydrogen-bond acceptors (Lipinski definition) is 2. The summed E-state index contributed by atoms with van der Waals surface area (Å²) in [5.41, 5.74) is 1.42. The molecule has 1 aliphatic rings. The number of rotatable bonds is 7. The van der Waals surface area contributed by atoms with E-state index in [-0.39, 0.29) is 12.2 Å². The summed E-state index contributed by atoms with van der Waals surface area (Å²) in [5.74, 6) is 0. The van der Waals surface area contributed by atoms with Crippen molar-refractivity contribution < 1.29 is 19.6 Å². The molecule has 1 aliphatic heterocycles. The number of aliphatic hydroxyl groups excluding tert-OH is 1. The van der Waals surface area contributed by atoms with E-state index in [0.717, 1.165) is 26.2 Å². The molecule has 0 amide bonds. The smallest absolute Gasteiger partial charge is 0.127 e. The highest BCUT2D eigenvalue weighted by Gasteiger charge is 2.25. The lowest BCUT2D eigenvalue weighted by Crippen LogP contribution is -3.28. The number of benzene rings is 1. The molecular formula is C17H30N2O2+2. The summed E-state index contributed by atoms with van der Waals surface area (Å²) in [6.45, 7) is 11.0. The van der Waals surface area contributed by atoms with Gasteiger partial charge in [-0.3, -0.25) is 0 Å². The van der Waals surface area contributed by atoms with E-state index >= 15 is 0 Å². The van der Waals surface area contributed by atoms with Gasteiger partial charge in [0.2, 0.25) is 0 Å². The van der Waals surface area contributed by atoms with Crippen LogP contribution in [-0.2, 0) is 11.3 Å². The molecule has 1 heterocycles. The number of nitrogens with one attached hydrogen (secondary N) is 2. The average molecular weight is 294 g/mol. The fraction of sp³-hybridized carbons (Fsp3) is 0.647. The first-order valence-corrected chi connectivity index (χ1v) is 8.14. The molecule has 1 aromatic carbocycles. The van der Waals surface area contributed by atoms with Crippen LogP contribution in [-0.4, -0.2) is 56.6 Å². The molecule has 0 unspecified atom stereocenters. The minimum absolute atomic E-state index is 0.196. The zero-order valence-electron chi connectivity index (χ0n) is 13.3. The summed E-state index contributed by atoms with van der Waals surface area (Å²) in [4.78, 5) is 3.16. The average Bonchev–Trinajstić information content (AvgIpc) is 2.48. The van der Waals surface area contributed by atoms with Gasteiger partial charge >= 0.3 is 0 Å². The highest BCUT2D eigenvalue weighted by atomic mass is 16.5. The Bertz CT molecular complexity index is 389. The van der Waals surface area contributed by atoms with Crippen LogP contribution in [0.3, 0.4) is 0 Å². The van der Waals surface area contributed by atoms with Gasteiger partial charge in [-0.15, -0.1) is 0 Å². The third-order valence-corrected chi connectivity index (χ3v) is 4.11. The summed E-state index contributed by atoms with van der Waals surface area (Å²) in [7, 11) is 0. The summed E-state index contributed by atoms with van der Waals surface area (Å²) in [6.07, 6.45) is -0.139. The van der Waals surface area contributed by atoms with Crippen LogP contribution in [0.5, 0.6) is 0 Å². The molecule has 0 aliphatic carbocycles. The summed E-state index contributed by atoms with van der Waals surface area (Å²) < 4.78 is 5.48. The van der Waals surface area contributed by atoms with Crippen molar-refractivity contribution in [1.82, 2.24) is 0 Å². The second kappa shape index (κ2) is 8.49. The molecule has 0 radical (unpaired) electrons. The van der Waals surface area contributed by atoms with Crippen molar-refractivity contribution in [3.8, 4) is 0 Å². The maximum atomic E-state index is 10.00. The van der Waals surface area contributed by atoms with Gasteiger partial charge in [-0.2, -0.15) is 0 Å². The zero-order chi connectivity index (χ0) is 15.1. The van der Waals surface area contributed by atoms with Crippen LogP contribution in [0.2, 0.25) is 0 Å². The molecular weight excluding hydrogens is 264 g/mol. The second-order valence-corrected chi connectivity index (χ2v) is 6.40. The lowest BCUT2D eigenvalue weighted by atomic mass is 10.2. The molecule has 0 saturated carbocycles. The molecule has 0 bridgehead atoms. The minimum atomic E-state index is -0.335. The number of ether oxygens (including phenoxy) is 1. The van der Waals surface area contributed by atoms with E-state index in [0.29, 0.717) is 6.61 Å².